The SMILES string of the molecule is CC(=O)c1c(Cc2ccc(C(F)(F)F)cc2)coc1C. The van der Waals surface area contributed by atoms with Crippen molar-refractivity contribution in [1.29, 1.82) is 0 Å². The fourth-order valence-corrected chi connectivity index (χ4v) is 2.14. The van der Waals surface area contributed by atoms with Crippen molar-refractivity contribution >= 4 is 5.78 Å². The zero-order valence-electron chi connectivity index (χ0n) is 11.0. The quantitative estimate of drug-likeness (QED) is 0.781. The summed E-state index contributed by atoms with van der Waals surface area (Å²) in [4.78, 5) is 11.5. The largest absolute Gasteiger partial charge is 0.469 e. The van der Waals surface area contributed by atoms with Crippen LogP contribution in [-0.4, -0.2) is 5.78 Å². The number of hydrogen-bond donors (Lipinski definition) is 0. The van der Waals surface area contributed by atoms with Gasteiger partial charge in [-0.05, 0) is 31.5 Å². The van der Waals surface area contributed by atoms with Crippen molar-refractivity contribution < 1.29 is 22.4 Å². The van der Waals surface area contributed by atoms with Crippen LogP contribution in [0.25, 0.3) is 0 Å². The van der Waals surface area contributed by atoms with Crippen LogP contribution in [0.5, 0.6) is 0 Å². The Bertz CT molecular complexity index is 622. The summed E-state index contributed by atoms with van der Waals surface area (Å²) in [5.74, 6) is 0.414. The van der Waals surface area contributed by atoms with Crippen molar-refractivity contribution in [2.24, 2.45) is 0 Å². The lowest BCUT2D eigenvalue weighted by Gasteiger charge is -2.07. The molecule has 0 atom stereocenters. The minimum atomic E-state index is -4.34. The molecule has 0 radical (unpaired) electrons. The van der Waals surface area contributed by atoms with E-state index in [0.29, 0.717) is 28.9 Å². The van der Waals surface area contributed by atoms with E-state index in [1.807, 2.05) is 0 Å². The molecular weight excluding hydrogens is 269 g/mol. The van der Waals surface area contributed by atoms with Crippen molar-refractivity contribution in [3.05, 3.63) is 58.5 Å². The van der Waals surface area contributed by atoms with E-state index in [0.717, 1.165) is 12.1 Å². The molecule has 0 fully saturated rings. The van der Waals surface area contributed by atoms with E-state index in [1.165, 1.54) is 25.3 Å². The second kappa shape index (κ2) is 5.15. The van der Waals surface area contributed by atoms with E-state index in [1.54, 1.807) is 6.92 Å². The first-order chi connectivity index (χ1) is 9.29. The molecule has 0 bridgehead atoms. The van der Waals surface area contributed by atoms with Crippen LogP contribution in [0.2, 0.25) is 0 Å². The summed E-state index contributed by atoms with van der Waals surface area (Å²) in [5.41, 5.74) is 1.21. The highest BCUT2D eigenvalue weighted by molar-refractivity contribution is 5.96. The zero-order chi connectivity index (χ0) is 14.9. The molecule has 1 aromatic carbocycles. The van der Waals surface area contributed by atoms with Gasteiger partial charge in [-0.2, -0.15) is 13.2 Å². The van der Waals surface area contributed by atoms with E-state index < -0.39 is 11.7 Å². The molecule has 1 heterocycles. The van der Waals surface area contributed by atoms with Gasteiger partial charge in [0, 0.05) is 12.0 Å². The van der Waals surface area contributed by atoms with Crippen LogP contribution in [0.1, 0.15) is 39.7 Å². The molecule has 1 aromatic heterocycles. The van der Waals surface area contributed by atoms with Crippen molar-refractivity contribution in [2.45, 2.75) is 26.4 Å². The number of Topliss-reactive ketones (excluding diaryl/α,β-unsaturated/α-hetero) is 1. The highest BCUT2D eigenvalue weighted by Gasteiger charge is 2.30. The second-order valence-electron chi connectivity index (χ2n) is 4.62. The van der Waals surface area contributed by atoms with Gasteiger partial charge in [0.1, 0.15) is 5.76 Å². The normalized spacial score (nSPS) is 11.7. The molecule has 20 heavy (non-hydrogen) atoms. The molecule has 0 aliphatic heterocycles. The fraction of sp³-hybridized carbons (Fsp3) is 0.267. The van der Waals surface area contributed by atoms with Crippen LogP contribution in [-0.2, 0) is 12.6 Å². The lowest BCUT2D eigenvalue weighted by Crippen LogP contribution is -2.05. The van der Waals surface area contributed by atoms with Crippen molar-refractivity contribution in [3.63, 3.8) is 0 Å². The summed E-state index contributed by atoms with van der Waals surface area (Å²) in [6, 6.07) is 4.90. The van der Waals surface area contributed by atoms with Gasteiger partial charge in [-0.1, -0.05) is 12.1 Å². The molecule has 0 unspecified atom stereocenters. The number of benzene rings is 1. The number of carbonyl (C=O) groups is 1. The summed E-state index contributed by atoms with van der Waals surface area (Å²) in [5, 5.41) is 0. The van der Waals surface area contributed by atoms with Gasteiger partial charge < -0.3 is 4.42 Å². The van der Waals surface area contributed by atoms with Crippen molar-refractivity contribution in [1.82, 2.24) is 0 Å². The molecule has 106 valence electrons. The molecular formula is C15H13F3O2. The number of ketones is 1. The van der Waals surface area contributed by atoms with E-state index in [9.17, 15) is 18.0 Å². The van der Waals surface area contributed by atoms with E-state index in [4.69, 9.17) is 4.42 Å². The summed E-state index contributed by atoms with van der Waals surface area (Å²) in [6.07, 6.45) is -2.50. The Balaban J connectivity index is 2.25. The lowest BCUT2D eigenvalue weighted by atomic mass is 10.00. The molecule has 2 aromatic rings. The highest BCUT2D eigenvalue weighted by atomic mass is 19.4. The molecule has 0 spiro atoms. The highest BCUT2D eigenvalue weighted by Crippen LogP contribution is 2.29. The molecule has 2 nitrogen and oxygen atoms in total. The Kier molecular flexibility index (Phi) is 3.70. The molecule has 0 saturated heterocycles. The Hall–Kier alpha value is -2.04. The van der Waals surface area contributed by atoms with E-state index >= 15 is 0 Å². The minimum Gasteiger partial charge on any atom is -0.469 e. The molecule has 0 amide bonds. The number of furan rings is 1. The van der Waals surface area contributed by atoms with Gasteiger partial charge in [-0.15, -0.1) is 0 Å². The third-order valence-corrected chi connectivity index (χ3v) is 3.08. The third kappa shape index (κ3) is 2.92. The number of hydrogen-bond acceptors (Lipinski definition) is 2. The molecule has 0 saturated carbocycles. The number of halogens is 3. The molecule has 0 aliphatic carbocycles. The van der Waals surface area contributed by atoms with Crippen LogP contribution < -0.4 is 0 Å². The Morgan fingerprint density at radius 3 is 2.30 bits per heavy atom. The van der Waals surface area contributed by atoms with Gasteiger partial charge in [0.25, 0.3) is 0 Å². The zero-order valence-corrected chi connectivity index (χ0v) is 11.0. The number of carbonyl (C=O) groups excluding carboxylic acids is 1. The third-order valence-electron chi connectivity index (χ3n) is 3.08. The predicted octanol–water partition coefficient (Wildman–Crippen LogP) is 4.40. The maximum absolute atomic E-state index is 12.5. The molecule has 0 aliphatic rings. The first-order valence-corrected chi connectivity index (χ1v) is 6.03. The van der Waals surface area contributed by atoms with Crippen LogP contribution in [0.15, 0.2) is 34.9 Å². The second-order valence-corrected chi connectivity index (χ2v) is 4.62. The van der Waals surface area contributed by atoms with E-state index in [2.05, 4.69) is 0 Å². The van der Waals surface area contributed by atoms with Crippen LogP contribution in [0.3, 0.4) is 0 Å². The summed E-state index contributed by atoms with van der Waals surface area (Å²) in [6.45, 7) is 3.13. The average molecular weight is 282 g/mol. The first-order valence-electron chi connectivity index (χ1n) is 6.03. The monoisotopic (exact) mass is 282 g/mol. The molecule has 0 N–H and O–H groups in total. The summed E-state index contributed by atoms with van der Waals surface area (Å²) in [7, 11) is 0. The standard InChI is InChI=1S/C15H13F3O2/c1-9(19)14-10(2)20-8-12(14)7-11-3-5-13(6-4-11)15(16,17)18/h3-6,8H,7H2,1-2H3. The number of alkyl halides is 3. The van der Waals surface area contributed by atoms with Gasteiger partial charge in [0.05, 0.1) is 17.4 Å². The molecule has 2 rings (SSSR count). The number of aryl methyl sites for hydroxylation is 1. The van der Waals surface area contributed by atoms with Gasteiger partial charge in [-0.3, -0.25) is 4.79 Å². The summed E-state index contributed by atoms with van der Waals surface area (Å²) >= 11 is 0. The van der Waals surface area contributed by atoms with Crippen LogP contribution in [0, 0.1) is 6.92 Å². The minimum absolute atomic E-state index is 0.113. The van der Waals surface area contributed by atoms with Gasteiger partial charge >= 0.3 is 6.18 Å². The maximum atomic E-state index is 12.5. The number of rotatable bonds is 3. The lowest BCUT2D eigenvalue weighted by molar-refractivity contribution is -0.137. The van der Waals surface area contributed by atoms with Crippen molar-refractivity contribution in [3.8, 4) is 0 Å². The Morgan fingerprint density at radius 1 is 1.20 bits per heavy atom. The van der Waals surface area contributed by atoms with Crippen LogP contribution >= 0.6 is 0 Å². The van der Waals surface area contributed by atoms with E-state index in [-0.39, 0.29) is 5.78 Å². The summed E-state index contributed by atoms with van der Waals surface area (Å²) < 4.78 is 42.6. The maximum Gasteiger partial charge on any atom is 0.416 e. The van der Waals surface area contributed by atoms with Crippen molar-refractivity contribution in [2.75, 3.05) is 0 Å². The topological polar surface area (TPSA) is 30.2 Å². The van der Waals surface area contributed by atoms with Gasteiger partial charge in [0.15, 0.2) is 5.78 Å². The Morgan fingerprint density at radius 2 is 1.80 bits per heavy atom. The van der Waals surface area contributed by atoms with Crippen LogP contribution in [0.4, 0.5) is 13.2 Å². The Labute approximate surface area is 114 Å². The average Bonchev–Trinajstić information content (AvgIpc) is 2.70. The molecule has 5 heteroatoms. The van der Waals surface area contributed by atoms with Gasteiger partial charge in [-0.25, -0.2) is 0 Å². The smallest absolute Gasteiger partial charge is 0.416 e. The van der Waals surface area contributed by atoms with Gasteiger partial charge in [0.2, 0.25) is 0 Å². The first kappa shape index (κ1) is 14.4. The predicted molar refractivity (Wildman–Crippen MR) is 67.7 cm³/mol. The fourth-order valence-electron chi connectivity index (χ4n) is 2.14.